The summed E-state index contributed by atoms with van der Waals surface area (Å²) in [7, 11) is 0. The van der Waals surface area contributed by atoms with Crippen molar-refractivity contribution in [2.24, 2.45) is 0 Å². The van der Waals surface area contributed by atoms with Crippen LogP contribution in [0, 0.1) is 0 Å². The Morgan fingerprint density at radius 2 is 2.04 bits per heavy atom. The molecule has 0 unspecified atom stereocenters. The van der Waals surface area contributed by atoms with Gasteiger partial charge in [0.25, 0.3) is 0 Å². The first-order valence-electron chi connectivity index (χ1n) is 7.95. The van der Waals surface area contributed by atoms with E-state index in [0.29, 0.717) is 10.8 Å². The molecule has 24 heavy (non-hydrogen) atoms. The average molecular weight is 349 g/mol. The van der Waals surface area contributed by atoms with Crippen LogP contribution in [0.4, 0.5) is 10.6 Å². The lowest BCUT2D eigenvalue weighted by atomic mass is 9.83. The highest BCUT2D eigenvalue weighted by molar-refractivity contribution is 6.31. The van der Waals surface area contributed by atoms with E-state index in [4.69, 9.17) is 11.6 Å². The molecule has 1 aromatic carbocycles. The number of fused-ring (bicyclic) bond motifs is 1. The van der Waals surface area contributed by atoms with Crippen molar-refractivity contribution in [2.75, 3.05) is 5.32 Å². The Morgan fingerprint density at radius 1 is 1.33 bits per heavy atom. The van der Waals surface area contributed by atoms with E-state index >= 15 is 0 Å². The number of aromatic nitrogens is 2. The van der Waals surface area contributed by atoms with E-state index in [2.05, 4.69) is 15.3 Å². The van der Waals surface area contributed by atoms with Crippen LogP contribution in [0.15, 0.2) is 24.4 Å². The molecular formula is C17H21ClN4O2. The van der Waals surface area contributed by atoms with Crippen molar-refractivity contribution in [1.29, 1.82) is 0 Å². The number of halogens is 1. The monoisotopic (exact) mass is 348 g/mol. The number of amides is 1. The zero-order valence-corrected chi connectivity index (χ0v) is 14.7. The molecule has 2 N–H and O–H groups in total. The molecule has 6 nitrogen and oxygen atoms in total. The highest BCUT2D eigenvalue weighted by atomic mass is 35.5. The van der Waals surface area contributed by atoms with Gasteiger partial charge in [0.2, 0.25) is 0 Å². The smallest absolute Gasteiger partial charge is 0.407 e. The summed E-state index contributed by atoms with van der Waals surface area (Å²) in [4.78, 5) is 21.9. The molecule has 1 fully saturated rings. The standard InChI is InChI=1S/C17H21ClN4O2/c1-17(2,3)22(16(23)24)12-7-11(8-12)20-15-9-19-13-5-4-10(18)6-14(13)21-15/h4-6,9,11-12H,7-8H2,1-3H3,(H,20,21)(H,23,24). The molecule has 0 saturated heterocycles. The second-order valence-electron chi connectivity index (χ2n) is 7.18. The molecule has 0 aliphatic heterocycles. The Balaban J connectivity index is 1.66. The molecule has 1 saturated carbocycles. The van der Waals surface area contributed by atoms with Crippen LogP contribution < -0.4 is 5.32 Å². The third-order valence-corrected chi connectivity index (χ3v) is 4.50. The lowest BCUT2D eigenvalue weighted by molar-refractivity contribution is 0.0379. The summed E-state index contributed by atoms with van der Waals surface area (Å²) in [6.45, 7) is 5.75. The summed E-state index contributed by atoms with van der Waals surface area (Å²) < 4.78 is 0. The second kappa shape index (κ2) is 6.09. The number of nitrogens with one attached hydrogen (secondary N) is 1. The lowest BCUT2D eigenvalue weighted by Gasteiger charge is -2.47. The Hall–Kier alpha value is -2.08. The number of rotatable bonds is 3. The number of anilines is 1. The molecule has 3 rings (SSSR count). The summed E-state index contributed by atoms with van der Waals surface area (Å²) in [5, 5.41) is 13.4. The van der Waals surface area contributed by atoms with E-state index in [-0.39, 0.29) is 12.1 Å². The van der Waals surface area contributed by atoms with Gasteiger partial charge in [-0.3, -0.25) is 4.98 Å². The number of benzene rings is 1. The molecule has 1 aromatic heterocycles. The van der Waals surface area contributed by atoms with E-state index in [0.717, 1.165) is 23.9 Å². The van der Waals surface area contributed by atoms with Crippen molar-refractivity contribution in [2.45, 2.75) is 51.2 Å². The molecule has 1 amide bonds. The van der Waals surface area contributed by atoms with E-state index in [1.54, 1.807) is 18.3 Å². The third kappa shape index (κ3) is 3.38. The fraction of sp³-hybridized carbons (Fsp3) is 0.471. The van der Waals surface area contributed by atoms with Crippen molar-refractivity contribution in [3.8, 4) is 0 Å². The first kappa shape index (κ1) is 16.8. The molecule has 0 bridgehead atoms. The molecule has 0 radical (unpaired) electrons. The van der Waals surface area contributed by atoms with Gasteiger partial charge in [-0.25, -0.2) is 9.78 Å². The van der Waals surface area contributed by atoms with Crippen LogP contribution in [0.3, 0.4) is 0 Å². The average Bonchev–Trinajstić information content (AvgIpc) is 2.42. The van der Waals surface area contributed by atoms with Crippen LogP contribution in [-0.2, 0) is 0 Å². The molecule has 2 aromatic rings. The van der Waals surface area contributed by atoms with Crippen molar-refractivity contribution in [1.82, 2.24) is 14.9 Å². The number of hydrogen-bond donors (Lipinski definition) is 2. The minimum Gasteiger partial charge on any atom is -0.465 e. The maximum Gasteiger partial charge on any atom is 0.407 e. The predicted octanol–water partition coefficient (Wildman–Crippen LogP) is 4.00. The fourth-order valence-electron chi connectivity index (χ4n) is 3.17. The van der Waals surface area contributed by atoms with Gasteiger partial charge < -0.3 is 15.3 Å². The summed E-state index contributed by atoms with van der Waals surface area (Å²) in [5.74, 6) is 0.686. The maximum atomic E-state index is 11.5. The fourth-order valence-corrected chi connectivity index (χ4v) is 3.34. The van der Waals surface area contributed by atoms with Crippen molar-refractivity contribution in [3.63, 3.8) is 0 Å². The van der Waals surface area contributed by atoms with Gasteiger partial charge in [-0.05, 0) is 51.8 Å². The van der Waals surface area contributed by atoms with Gasteiger partial charge >= 0.3 is 6.09 Å². The number of hydrogen-bond acceptors (Lipinski definition) is 4. The number of carboxylic acid groups (broad SMARTS) is 1. The Morgan fingerprint density at radius 3 is 2.67 bits per heavy atom. The minimum atomic E-state index is -0.869. The van der Waals surface area contributed by atoms with Gasteiger partial charge in [-0.2, -0.15) is 0 Å². The lowest BCUT2D eigenvalue weighted by Crippen LogP contribution is -2.58. The quantitative estimate of drug-likeness (QED) is 0.876. The topological polar surface area (TPSA) is 78.4 Å². The first-order valence-corrected chi connectivity index (χ1v) is 8.33. The summed E-state index contributed by atoms with van der Waals surface area (Å²) >= 11 is 5.99. The van der Waals surface area contributed by atoms with Crippen LogP contribution in [0.5, 0.6) is 0 Å². The normalized spacial score (nSPS) is 20.5. The maximum absolute atomic E-state index is 11.5. The highest BCUT2D eigenvalue weighted by Crippen LogP contribution is 2.33. The zero-order chi connectivity index (χ0) is 17.5. The van der Waals surface area contributed by atoms with Gasteiger partial charge in [0.05, 0.1) is 17.2 Å². The molecule has 0 atom stereocenters. The van der Waals surface area contributed by atoms with E-state index in [1.807, 2.05) is 26.8 Å². The highest BCUT2D eigenvalue weighted by Gasteiger charge is 2.41. The molecule has 1 aliphatic carbocycles. The largest absolute Gasteiger partial charge is 0.465 e. The van der Waals surface area contributed by atoms with Crippen LogP contribution in [0.2, 0.25) is 5.02 Å². The van der Waals surface area contributed by atoms with Crippen LogP contribution in [0.1, 0.15) is 33.6 Å². The van der Waals surface area contributed by atoms with Gasteiger partial charge in [0.1, 0.15) is 5.82 Å². The number of carbonyl (C=O) groups is 1. The van der Waals surface area contributed by atoms with Gasteiger partial charge in [-0.15, -0.1) is 0 Å². The minimum absolute atomic E-state index is 0.0304. The van der Waals surface area contributed by atoms with Crippen LogP contribution in [0.25, 0.3) is 11.0 Å². The first-order chi connectivity index (χ1) is 11.2. The van der Waals surface area contributed by atoms with Crippen LogP contribution >= 0.6 is 11.6 Å². The molecule has 1 heterocycles. The Bertz CT molecular complexity index is 769. The summed E-state index contributed by atoms with van der Waals surface area (Å²) in [6.07, 6.45) is 2.35. The van der Waals surface area contributed by atoms with Crippen molar-refractivity contribution in [3.05, 3.63) is 29.4 Å². The third-order valence-electron chi connectivity index (χ3n) is 4.26. The van der Waals surface area contributed by atoms with Crippen LogP contribution in [-0.4, -0.2) is 43.7 Å². The van der Waals surface area contributed by atoms with Gasteiger partial charge in [-0.1, -0.05) is 11.6 Å². The Labute approximate surface area is 145 Å². The molecular weight excluding hydrogens is 328 g/mol. The van der Waals surface area contributed by atoms with E-state index in [9.17, 15) is 9.90 Å². The van der Waals surface area contributed by atoms with Crippen molar-refractivity contribution < 1.29 is 9.90 Å². The SMILES string of the molecule is CC(C)(C)N(C(=O)O)C1CC(Nc2cnc3ccc(Cl)cc3n2)C1. The zero-order valence-electron chi connectivity index (χ0n) is 14.0. The van der Waals surface area contributed by atoms with Gasteiger partial charge in [0, 0.05) is 22.6 Å². The number of nitrogens with zero attached hydrogens (tertiary/aromatic N) is 3. The molecule has 128 valence electrons. The summed E-state index contributed by atoms with van der Waals surface area (Å²) in [6, 6.07) is 5.63. The predicted molar refractivity (Wildman–Crippen MR) is 94.6 cm³/mol. The van der Waals surface area contributed by atoms with E-state index in [1.165, 1.54) is 4.90 Å². The van der Waals surface area contributed by atoms with Crippen molar-refractivity contribution >= 4 is 34.5 Å². The molecule has 1 aliphatic rings. The summed E-state index contributed by atoms with van der Waals surface area (Å²) in [5.41, 5.74) is 1.13. The van der Waals surface area contributed by atoms with Gasteiger partial charge in [0.15, 0.2) is 0 Å². The molecule has 0 spiro atoms. The van der Waals surface area contributed by atoms with E-state index < -0.39 is 11.6 Å². The molecule has 7 heteroatoms. The Kier molecular flexibility index (Phi) is 4.25. The second-order valence-corrected chi connectivity index (χ2v) is 7.61.